The molecular formula is C29H44N4O2. The lowest BCUT2D eigenvalue weighted by atomic mass is 9.75. The zero-order valence-electron chi connectivity index (χ0n) is 22.1. The number of rotatable bonds is 7. The fourth-order valence-electron chi connectivity index (χ4n) is 6.91. The summed E-state index contributed by atoms with van der Waals surface area (Å²) >= 11 is 0. The monoisotopic (exact) mass is 480 g/mol. The third-order valence-electron chi connectivity index (χ3n) is 8.71. The highest BCUT2D eigenvalue weighted by atomic mass is 16.5. The van der Waals surface area contributed by atoms with Crippen LogP contribution in [0.1, 0.15) is 58.2 Å². The molecule has 5 rings (SSSR count). The van der Waals surface area contributed by atoms with E-state index < -0.39 is 0 Å². The molecule has 2 unspecified atom stereocenters. The molecule has 4 heterocycles. The summed E-state index contributed by atoms with van der Waals surface area (Å²) in [5.41, 5.74) is 2.13. The smallest absolute Gasteiger partial charge is 0.161 e. The lowest BCUT2D eigenvalue weighted by Crippen LogP contribution is -2.53. The van der Waals surface area contributed by atoms with Crippen LogP contribution >= 0.6 is 0 Å². The molecule has 0 radical (unpaired) electrons. The summed E-state index contributed by atoms with van der Waals surface area (Å²) in [7, 11) is 3.36. The van der Waals surface area contributed by atoms with Crippen LogP contribution in [0.2, 0.25) is 0 Å². The Morgan fingerprint density at radius 3 is 2.51 bits per heavy atom. The minimum atomic E-state index is 0.751. The molecule has 3 aliphatic heterocycles. The van der Waals surface area contributed by atoms with E-state index in [1.165, 1.54) is 64.0 Å². The number of hydrogen-bond donors (Lipinski definition) is 1. The summed E-state index contributed by atoms with van der Waals surface area (Å²) in [5.74, 6) is 5.11. The lowest BCUT2D eigenvalue weighted by molar-refractivity contribution is 0.0234. The highest BCUT2D eigenvalue weighted by Gasteiger charge is 2.37. The molecule has 6 nitrogen and oxygen atoms in total. The first-order valence-corrected chi connectivity index (χ1v) is 13.8. The molecule has 0 amide bonds. The number of nitrogens with one attached hydrogen (secondary N) is 1. The van der Waals surface area contributed by atoms with Crippen LogP contribution < -0.4 is 14.8 Å². The van der Waals surface area contributed by atoms with E-state index in [0.717, 1.165) is 65.6 Å². The number of piperidine rings is 2. The Hall–Kier alpha value is -2.05. The molecule has 0 bridgehead atoms. The van der Waals surface area contributed by atoms with Gasteiger partial charge in [-0.05, 0) is 94.1 Å². The maximum absolute atomic E-state index is 5.52. The number of aromatic nitrogens is 2. The molecule has 0 saturated carbocycles. The van der Waals surface area contributed by atoms with Gasteiger partial charge >= 0.3 is 0 Å². The van der Waals surface area contributed by atoms with Gasteiger partial charge in [-0.25, -0.2) is 4.98 Å². The summed E-state index contributed by atoms with van der Waals surface area (Å²) in [5, 5.41) is 3.56. The van der Waals surface area contributed by atoms with E-state index in [2.05, 4.69) is 40.9 Å². The first-order valence-electron chi connectivity index (χ1n) is 13.8. The second kappa shape index (κ2) is 10.9. The number of ether oxygens (including phenoxy) is 2. The Kier molecular flexibility index (Phi) is 7.68. The van der Waals surface area contributed by atoms with Gasteiger partial charge in [0.2, 0.25) is 0 Å². The summed E-state index contributed by atoms with van der Waals surface area (Å²) < 4.78 is 13.3. The van der Waals surface area contributed by atoms with Crippen molar-refractivity contribution in [2.24, 2.45) is 17.8 Å². The first-order chi connectivity index (χ1) is 17.1. The predicted molar refractivity (Wildman–Crippen MR) is 141 cm³/mol. The van der Waals surface area contributed by atoms with Crippen LogP contribution in [0.3, 0.4) is 0 Å². The molecule has 0 aliphatic carbocycles. The molecule has 6 heteroatoms. The molecular weight excluding hydrogens is 436 g/mol. The number of nitrogens with zero attached hydrogens (tertiary/aromatic N) is 3. The lowest BCUT2D eigenvalue weighted by Gasteiger charge is -2.48. The Bertz CT molecular complexity index is 981. The van der Waals surface area contributed by atoms with E-state index in [-0.39, 0.29) is 0 Å². The Morgan fingerprint density at radius 2 is 1.77 bits per heavy atom. The zero-order chi connectivity index (χ0) is 24.4. The van der Waals surface area contributed by atoms with Crippen molar-refractivity contribution in [1.29, 1.82) is 0 Å². The molecule has 1 aromatic heterocycles. The Labute approximate surface area is 211 Å². The van der Waals surface area contributed by atoms with Gasteiger partial charge in [0.25, 0.3) is 0 Å². The third-order valence-corrected chi connectivity index (χ3v) is 8.71. The Morgan fingerprint density at radius 1 is 1.00 bits per heavy atom. The number of aryl methyl sites for hydroxylation is 1. The van der Waals surface area contributed by atoms with Gasteiger partial charge in [0.1, 0.15) is 5.82 Å². The van der Waals surface area contributed by atoms with Gasteiger partial charge in [-0.1, -0.05) is 13.8 Å². The predicted octanol–water partition coefficient (Wildman–Crippen LogP) is 5.01. The van der Waals surface area contributed by atoms with Gasteiger partial charge in [0.05, 0.1) is 19.9 Å². The van der Waals surface area contributed by atoms with Gasteiger partial charge in [-0.2, -0.15) is 0 Å². The second-order valence-electron chi connectivity index (χ2n) is 11.3. The normalized spacial score (nSPS) is 26.0. The van der Waals surface area contributed by atoms with Crippen molar-refractivity contribution in [3.05, 3.63) is 30.2 Å². The summed E-state index contributed by atoms with van der Waals surface area (Å²) in [6.45, 7) is 9.55. The van der Waals surface area contributed by atoms with Crippen LogP contribution in [-0.2, 0) is 13.0 Å². The highest BCUT2D eigenvalue weighted by molar-refractivity contribution is 5.63. The van der Waals surface area contributed by atoms with Gasteiger partial charge in [0.15, 0.2) is 11.5 Å². The number of benzene rings is 1. The van der Waals surface area contributed by atoms with Gasteiger partial charge in [-0.3, -0.25) is 4.90 Å². The Balaban J connectivity index is 1.28. The van der Waals surface area contributed by atoms with E-state index in [9.17, 15) is 0 Å². The van der Waals surface area contributed by atoms with Crippen LogP contribution in [0.15, 0.2) is 24.4 Å². The topological polar surface area (TPSA) is 51.5 Å². The maximum Gasteiger partial charge on any atom is 0.161 e. The van der Waals surface area contributed by atoms with Crippen LogP contribution in [0.4, 0.5) is 0 Å². The minimum Gasteiger partial charge on any atom is -0.493 e. The van der Waals surface area contributed by atoms with Crippen LogP contribution in [-0.4, -0.2) is 60.4 Å². The van der Waals surface area contributed by atoms with E-state index in [1.807, 2.05) is 12.1 Å². The van der Waals surface area contributed by atoms with Gasteiger partial charge in [-0.15, -0.1) is 0 Å². The van der Waals surface area contributed by atoms with E-state index in [4.69, 9.17) is 14.5 Å². The number of fused-ring (bicyclic) bond motifs is 1. The maximum atomic E-state index is 5.52. The van der Waals surface area contributed by atoms with Crippen molar-refractivity contribution >= 4 is 0 Å². The number of likely N-dealkylation sites (tertiary alicyclic amines) is 1. The number of methoxy groups -OCH3 is 2. The van der Waals surface area contributed by atoms with Gasteiger partial charge in [0, 0.05) is 36.8 Å². The average molecular weight is 481 g/mol. The van der Waals surface area contributed by atoms with Crippen molar-refractivity contribution < 1.29 is 9.47 Å². The molecule has 1 N–H and O–H groups in total. The highest BCUT2D eigenvalue weighted by Crippen LogP contribution is 2.39. The summed E-state index contributed by atoms with van der Waals surface area (Å²) in [6.07, 6.45) is 11.3. The molecule has 0 spiro atoms. The molecule has 2 saturated heterocycles. The fraction of sp³-hybridized carbons (Fsp3) is 0.690. The number of hydrogen-bond acceptors (Lipinski definition) is 5. The molecule has 1 aromatic carbocycles. The number of imidazole rings is 1. The largest absolute Gasteiger partial charge is 0.493 e. The standard InChI is InChI=1S/C29H44N4O2/c1-20(2)15-25-16-21(10-14-33(25)24-7-11-30-12-8-24)22-9-13-32-19-26(31-29(32)18-22)23-5-6-27(34-3)28(17-23)35-4/h5-6,17,19-22,24-25,30H,7-16,18H2,1-4H3/t21?,22?,25-/m1/s1. The SMILES string of the molecule is COc1ccc(-c2cn3c(n2)CC(C2CCN(C4CCNCC4)[C@H](CC(C)C)C2)CC3)cc1OC. The van der Waals surface area contributed by atoms with E-state index in [1.54, 1.807) is 14.2 Å². The fourth-order valence-corrected chi connectivity index (χ4v) is 6.91. The second-order valence-corrected chi connectivity index (χ2v) is 11.3. The molecule has 2 fully saturated rings. The van der Waals surface area contributed by atoms with E-state index >= 15 is 0 Å². The molecule has 3 atom stereocenters. The van der Waals surface area contributed by atoms with Crippen LogP contribution in [0, 0.1) is 17.8 Å². The third kappa shape index (κ3) is 5.39. The minimum absolute atomic E-state index is 0.751. The quantitative estimate of drug-likeness (QED) is 0.604. The van der Waals surface area contributed by atoms with Crippen molar-refractivity contribution in [3.63, 3.8) is 0 Å². The summed E-state index contributed by atoms with van der Waals surface area (Å²) in [6, 6.07) is 7.63. The van der Waals surface area contributed by atoms with Crippen molar-refractivity contribution in [2.75, 3.05) is 33.9 Å². The molecule has 192 valence electrons. The van der Waals surface area contributed by atoms with Gasteiger partial charge < -0.3 is 19.4 Å². The first kappa shape index (κ1) is 24.6. The van der Waals surface area contributed by atoms with Crippen molar-refractivity contribution in [2.45, 2.75) is 77.4 Å². The van der Waals surface area contributed by atoms with Crippen LogP contribution in [0.25, 0.3) is 11.3 Å². The van der Waals surface area contributed by atoms with Crippen molar-refractivity contribution in [3.8, 4) is 22.8 Å². The molecule has 35 heavy (non-hydrogen) atoms. The van der Waals surface area contributed by atoms with Crippen LogP contribution in [0.5, 0.6) is 11.5 Å². The summed E-state index contributed by atoms with van der Waals surface area (Å²) in [4.78, 5) is 8.02. The molecule has 2 aromatic rings. The zero-order valence-corrected chi connectivity index (χ0v) is 22.1. The van der Waals surface area contributed by atoms with Crippen molar-refractivity contribution in [1.82, 2.24) is 19.8 Å². The van der Waals surface area contributed by atoms with E-state index in [0.29, 0.717) is 0 Å². The molecule has 3 aliphatic rings. The average Bonchev–Trinajstić information content (AvgIpc) is 3.32.